The highest BCUT2D eigenvalue weighted by atomic mass is 16.5. The lowest BCUT2D eigenvalue weighted by atomic mass is 10.1. The first-order chi connectivity index (χ1) is 10.2. The Morgan fingerprint density at radius 2 is 2.10 bits per heavy atom. The second kappa shape index (κ2) is 7.04. The Kier molecular flexibility index (Phi) is 5.11. The number of hydrogen-bond donors (Lipinski definition) is 1. The van der Waals surface area contributed by atoms with E-state index in [9.17, 15) is 4.79 Å². The summed E-state index contributed by atoms with van der Waals surface area (Å²) in [4.78, 5) is 16.7. The lowest BCUT2D eigenvalue weighted by Crippen LogP contribution is -2.26. The molecule has 2 rings (SSSR count). The third kappa shape index (κ3) is 3.70. The zero-order chi connectivity index (χ0) is 15.2. The number of nitrogens with zero attached hydrogens (tertiary/aromatic N) is 1. The van der Waals surface area contributed by atoms with E-state index in [1.165, 1.54) is 0 Å². The minimum absolute atomic E-state index is 0.103. The second-order valence-corrected chi connectivity index (χ2v) is 4.78. The van der Waals surface area contributed by atoms with E-state index in [4.69, 9.17) is 9.47 Å². The number of aryl methyl sites for hydroxylation is 1. The first-order valence-electron chi connectivity index (χ1n) is 6.88. The standard InChI is InChI=1S/C16H20N2O3/c1-11-14(16(19)17-7-4-8-20-2)9-12-5-6-13(21-3)10-15(12)18-11/h5-6,9-10H,4,7-8H2,1-3H3,(H,17,19). The lowest BCUT2D eigenvalue weighted by Gasteiger charge is -2.09. The summed E-state index contributed by atoms with van der Waals surface area (Å²) in [6, 6.07) is 7.49. The lowest BCUT2D eigenvalue weighted by molar-refractivity contribution is 0.0948. The van der Waals surface area contributed by atoms with Crippen LogP contribution in [-0.2, 0) is 4.74 Å². The molecule has 0 atom stereocenters. The van der Waals surface area contributed by atoms with Crippen LogP contribution in [0.5, 0.6) is 5.75 Å². The summed E-state index contributed by atoms with van der Waals surface area (Å²) < 4.78 is 10.1. The van der Waals surface area contributed by atoms with Gasteiger partial charge in [0.05, 0.1) is 23.9 Å². The minimum Gasteiger partial charge on any atom is -0.497 e. The smallest absolute Gasteiger partial charge is 0.253 e. The van der Waals surface area contributed by atoms with Gasteiger partial charge in [0.15, 0.2) is 0 Å². The zero-order valence-electron chi connectivity index (χ0n) is 12.6. The molecule has 2 aromatic rings. The summed E-state index contributed by atoms with van der Waals surface area (Å²) in [6.45, 7) is 3.06. The van der Waals surface area contributed by atoms with E-state index in [0.29, 0.717) is 24.4 Å². The van der Waals surface area contributed by atoms with Crippen molar-refractivity contribution < 1.29 is 14.3 Å². The third-order valence-electron chi connectivity index (χ3n) is 3.27. The average Bonchev–Trinajstić information content (AvgIpc) is 2.50. The predicted octanol–water partition coefficient (Wildman–Crippen LogP) is 2.32. The molecule has 0 fully saturated rings. The molecule has 5 heteroatoms. The fraction of sp³-hybridized carbons (Fsp3) is 0.375. The summed E-state index contributed by atoms with van der Waals surface area (Å²) >= 11 is 0. The van der Waals surface area contributed by atoms with Crippen LogP contribution in [0, 0.1) is 6.92 Å². The largest absolute Gasteiger partial charge is 0.497 e. The number of hydrogen-bond acceptors (Lipinski definition) is 4. The van der Waals surface area contributed by atoms with E-state index in [1.807, 2.05) is 31.2 Å². The zero-order valence-corrected chi connectivity index (χ0v) is 12.6. The molecule has 0 radical (unpaired) electrons. The fourth-order valence-electron chi connectivity index (χ4n) is 2.11. The van der Waals surface area contributed by atoms with Crippen molar-refractivity contribution in [3.63, 3.8) is 0 Å². The molecule has 0 saturated carbocycles. The van der Waals surface area contributed by atoms with Crippen LogP contribution in [0.15, 0.2) is 24.3 Å². The Balaban J connectivity index is 2.20. The van der Waals surface area contributed by atoms with Crippen LogP contribution in [0.4, 0.5) is 0 Å². The van der Waals surface area contributed by atoms with Crippen LogP contribution in [-0.4, -0.2) is 38.3 Å². The van der Waals surface area contributed by atoms with E-state index >= 15 is 0 Å². The van der Waals surface area contributed by atoms with Gasteiger partial charge in [-0.15, -0.1) is 0 Å². The SMILES string of the molecule is COCCCNC(=O)c1cc2ccc(OC)cc2nc1C. The molecule has 1 N–H and O–H groups in total. The second-order valence-electron chi connectivity index (χ2n) is 4.78. The van der Waals surface area contributed by atoms with Crippen molar-refractivity contribution in [1.82, 2.24) is 10.3 Å². The molecule has 0 aliphatic rings. The van der Waals surface area contributed by atoms with Gasteiger partial charge in [-0.2, -0.15) is 0 Å². The number of pyridine rings is 1. The molecule has 21 heavy (non-hydrogen) atoms. The maximum Gasteiger partial charge on any atom is 0.253 e. The van der Waals surface area contributed by atoms with Gasteiger partial charge in [-0.05, 0) is 31.5 Å². The summed E-state index contributed by atoms with van der Waals surface area (Å²) in [5.41, 5.74) is 2.13. The number of aromatic nitrogens is 1. The summed E-state index contributed by atoms with van der Waals surface area (Å²) in [5.74, 6) is 0.653. The van der Waals surface area contributed by atoms with Gasteiger partial charge in [0.1, 0.15) is 5.75 Å². The number of ether oxygens (including phenoxy) is 2. The van der Waals surface area contributed by atoms with Gasteiger partial charge >= 0.3 is 0 Å². The first kappa shape index (κ1) is 15.3. The summed E-state index contributed by atoms with van der Waals surface area (Å²) in [6.07, 6.45) is 0.791. The molecule has 1 heterocycles. The van der Waals surface area contributed by atoms with Gasteiger partial charge in [-0.1, -0.05) is 0 Å². The number of carbonyl (C=O) groups is 1. The normalized spacial score (nSPS) is 10.6. The van der Waals surface area contributed by atoms with Gasteiger partial charge in [0.2, 0.25) is 0 Å². The number of amides is 1. The van der Waals surface area contributed by atoms with Crippen molar-refractivity contribution in [2.75, 3.05) is 27.4 Å². The molecule has 0 aliphatic carbocycles. The van der Waals surface area contributed by atoms with Crippen molar-refractivity contribution >= 4 is 16.8 Å². The maximum absolute atomic E-state index is 12.2. The highest BCUT2D eigenvalue weighted by Crippen LogP contribution is 2.21. The quantitative estimate of drug-likeness (QED) is 0.829. The van der Waals surface area contributed by atoms with Crippen LogP contribution in [0.2, 0.25) is 0 Å². The van der Waals surface area contributed by atoms with Gasteiger partial charge in [-0.3, -0.25) is 9.78 Å². The minimum atomic E-state index is -0.103. The number of carbonyl (C=O) groups excluding carboxylic acids is 1. The molecule has 0 unspecified atom stereocenters. The molecule has 0 aliphatic heterocycles. The van der Waals surface area contributed by atoms with Gasteiger partial charge < -0.3 is 14.8 Å². The van der Waals surface area contributed by atoms with E-state index in [2.05, 4.69) is 10.3 Å². The summed E-state index contributed by atoms with van der Waals surface area (Å²) in [5, 5.41) is 3.80. The predicted molar refractivity (Wildman–Crippen MR) is 81.9 cm³/mol. The Labute approximate surface area is 124 Å². The van der Waals surface area contributed by atoms with Crippen molar-refractivity contribution in [3.8, 4) is 5.75 Å². The average molecular weight is 288 g/mol. The van der Waals surface area contributed by atoms with E-state index in [1.54, 1.807) is 14.2 Å². The number of rotatable bonds is 6. The Hall–Kier alpha value is -2.14. The molecule has 0 saturated heterocycles. The number of methoxy groups -OCH3 is 2. The molecule has 5 nitrogen and oxygen atoms in total. The maximum atomic E-state index is 12.2. The topological polar surface area (TPSA) is 60.5 Å². The first-order valence-corrected chi connectivity index (χ1v) is 6.88. The van der Waals surface area contributed by atoms with Gasteiger partial charge in [0.25, 0.3) is 5.91 Å². The van der Waals surface area contributed by atoms with Crippen LogP contribution < -0.4 is 10.1 Å². The molecule has 0 bridgehead atoms. The van der Waals surface area contributed by atoms with Crippen LogP contribution in [0.1, 0.15) is 22.5 Å². The van der Waals surface area contributed by atoms with E-state index in [0.717, 1.165) is 23.1 Å². The molecule has 0 spiro atoms. The van der Waals surface area contributed by atoms with Crippen LogP contribution in [0.25, 0.3) is 10.9 Å². The van der Waals surface area contributed by atoms with Crippen molar-refractivity contribution in [3.05, 3.63) is 35.5 Å². The highest BCUT2D eigenvalue weighted by Gasteiger charge is 2.11. The van der Waals surface area contributed by atoms with Gasteiger partial charge in [0, 0.05) is 31.7 Å². The third-order valence-corrected chi connectivity index (χ3v) is 3.27. The van der Waals surface area contributed by atoms with Crippen LogP contribution in [0.3, 0.4) is 0 Å². The van der Waals surface area contributed by atoms with E-state index < -0.39 is 0 Å². The van der Waals surface area contributed by atoms with E-state index in [-0.39, 0.29) is 5.91 Å². The molecular weight excluding hydrogens is 268 g/mol. The molecule has 1 aromatic carbocycles. The number of nitrogens with one attached hydrogen (secondary N) is 1. The monoisotopic (exact) mass is 288 g/mol. The molecule has 1 aromatic heterocycles. The van der Waals surface area contributed by atoms with Crippen molar-refractivity contribution in [2.45, 2.75) is 13.3 Å². The molecule has 1 amide bonds. The molecular formula is C16H20N2O3. The fourth-order valence-corrected chi connectivity index (χ4v) is 2.11. The van der Waals surface area contributed by atoms with Crippen molar-refractivity contribution in [2.24, 2.45) is 0 Å². The Morgan fingerprint density at radius 1 is 1.29 bits per heavy atom. The van der Waals surface area contributed by atoms with Crippen molar-refractivity contribution in [1.29, 1.82) is 0 Å². The highest BCUT2D eigenvalue weighted by molar-refractivity contribution is 5.98. The Morgan fingerprint density at radius 3 is 2.81 bits per heavy atom. The Bertz CT molecular complexity index is 641. The van der Waals surface area contributed by atoms with Crippen LogP contribution >= 0.6 is 0 Å². The summed E-state index contributed by atoms with van der Waals surface area (Å²) in [7, 11) is 3.27. The molecule has 112 valence electrons. The number of fused-ring (bicyclic) bond motifs is 1. The van der Waals surface area contributed by atoms with Gasteiger partial charge in [-0.25, -0.2) is 0 Å². The number of benzene rings is 1.